The van der Waals surface area contributed by atoms with E-state index >= 15 is 0 Å². The first kappa shape index (κ1) is 39.9. The molecule has 6 nitrogen and oxygen atoms in total. The molecule has 0 amide bonds. The first-order valence-corrected chi connectivity index (χ1v) is 16.7. The zero-order valence-electron chi connectivity index (χ0n) is 24.7. The van der Waals surface area contributed by atoms with Crippen molar-refractivity contribution in [2.45, 2.75) is 155 Å². The predicted molar refractivity (Wildman–Crippen MR) is 149 cm³/mol. The fourth-order valence-corrected chi connectivity index (χ4v) is 4.78. The Labute approximate surface area is 253 Å². The molecule has 0 aliphatic rings. The summed E-state index contributed by atoms with van der Waals surface area (Å²) < 4.78 is 45.3. The molecule has 0 aliphatic carbocycles. The molecule has 0 N–H and O–H groups in total. The van der Waals surface area contributed by atoms with E-state index in [0.29, 0.717) is 13.2 Å². The monoisotopic (exact) mass is 558 g/mol. The summed E-state index contributed by atoms with van der Waals surface area (Å²) >= 11 is 0. The molecule has 0 fully saturated rings. The quantitative estimate of drug-likeness (QED) is 0.0484. The number of hydrogen-bond acceptors (Lipinski definition) is 6. The Morgan fingerprint density at radius 3 is 1.03 bits per heavy atom. The van der Waals surface area contributed by atoms with Gasteiger partial charge >= 0.3 is 29.6 Å². The third kappa shape index (κ3) is 39.0. The second-order valence-electron chi connectivity index (χ2n) is 10.2. The van der Waals surface area contributed by atoms with Crippen LogP contribution in [0.4, 0.5) is 0 Å². The Morgan fingerprint density at radius 1 is 0.432 bits per heavy atom. The number of ether oxygens (including phenoxy) is 2. The average Bonchev–Trinajstić information content (AvgIpc) is 2.84. The minimum atomic E-state index is -4.62. The molecule has 0 saturated heterocycles. The summed E-state index contributed by atoms with van der Waals surface area (Å²) in [5, 5.41) is 0. The molecule has 0 aromatic heterocycles. The van der Waals surface area contributed by atoms with Crippen molar-refractivity contribution < 1.29 is 56.2 Å². The van der Waals surface area contributed by atoms with Gasteiger partial charge in [0.2, 0.25) is 10.4 Å². The third-order valence-corrected chi connectivity index (χ3v) is 7.17. The zero-order chi connectivity index (χ0) is 26.4. The fourth-order valence-electron chi connectivity index (χ4n) is 4.51. The van der Waals surface area contributed by atoms with Crippen LogP contribution in [0, 0.1) is 0 Å². The van der Waals surface area contributed by atoms with Crippen molar-refractivity contribution in [1.82, 2.24) is 0 Å². The molecule has 0 radical (unpaired) electrons. The molecule has 0 heterocycles. The van der Waals surface area contributed by atoms with Gasteiger partial charge in [-0.3, -0.25) is 4.18 Å². The number of unbranched alkanes of at least 4 members (excludes halogenated alkanes) is 22. The average molecular weight is 559 g/mol. The first-order chi connectivity index (χ1) is 17.6. The summed E-state index contributed by atoms with van der Waals surface area (Å²) in [7, 11) is -4.62. The largest absolute Gasteiger partial charge is 1.00 e. The van der Waals surface area contributed by atoms with Crippen LogP contribution in [0.15, 0.2) is 0 Å². The summed E-state index contributed by atoms with van der Waals surface area (Å²) in [6.45, 7) is 3.70. The van der Waals surface area contributed by atoms with Gasteiger partial charge in [-0.2, -0.15) is 0 Å². The molecule has 0 aromatic carbocycles. The van der Waals surface area contributed by atoms with Gasteiger partial charge in [0, 0.05) is 6.61 Å². The SMILES string of the molecule is CCCCCCCCCCCCCCCCCCCCCCCCCOCCOCCOS(=O)(=O)[O-].[Na+]. The van der Waals surface area contributed by atoms with Gasteiger partial charge in [0.05, 0.1) is 26.4 Å². The van der Waals surface area contributed by atoms with E-state index < -0.39 is 10.4 Å². The van der Waals surface area contributed by atoms with Crippen LogP contribution in [-0.2, 0) is 24.1 Å². The normalized spacial score (nSPS) is 11.6. The summed E-state index contributed by atoms with van der Waals surface area (Å²) in [6.07, 6.45) is 32.0. The van der Waals surface area contributed by atoms with E-state index in [4.69, 9.17) is 9.47 Å². The maximum absolute atomic E-state index is 10.2. The van der Waals surface area contributed by atoms with Crippen LogP contribution < -0.4 is 29.6 Å². The first-order valence-electron chi connectivity index (χ1n) is 15.3. The van der Waals surface area contributed by atoms with Crippen LogP contribution in [0.25, 0.3) is 0 Å². The van der Waals surface area contributed by atoms with Gasteiger partial charge in [-0.25, -0.2) is 8.42 Å². The zero-order valence-corrected chi connectivity index (χ0v) is 27.5. The van der Waals surface area contributed by atoms with Gasteiger partial charge in [-0.1, -0.05) is 148 Å². The van der Waals surface area contributed by atoms with E-state index in [1.54, 1.807) is 0 Å². The number of rotatable bonds is 31. The van der Waals surface area contributed by atoms with E-state index in [9.17, 15) is 13.0 Å². The Bertz CT molecular complexity index is 519. The maximum atomic E-state index is 10.2. The van der Waals surface area contributed by atoms with Crippen LogP contribution in [0.5, 0.6) is 0 Å². The van der Waals surface area contributed by atoms with Gasteiger partial charge < -0.3 is 14.0 Å². The third-order valence-electron chi connectivity index (χ3n) is 6.72. The van der Waals surface area contributed by atoms with E-state index in [1.807, 2.05) is 0 Å². The molecule has 218 valence electrons. The molecular weight excluding hydrogens is 499 g/mol. The minimum Gasteiger partial charge on any atom is -0.726 e. The van der Waals surface area contributed by atoms with Gasteiger partial charge in [0.25, 0.3) is 0 Å². The minimum absolute atomic E-state index is 0. The van der Waals surface area contributed by atoms with Gasteiger partial charge in [-0.05, 0) is 6.42 Å². The fraction of sp³-hybridized carbons (Fsp3) is 1.00. The molecule has 0 atom stereocenters. The molecule has 8 heteroatoms. The molecular formula is C29H59NaO6S. The molecule has 0 bridgehead atoms. The van der Waals surface area contributed by atoms with E-state index in [0.717, 1.165) is 13.0 Å². The van der Waals surface area contributed by atoms with E-state index in [1.165, 1.54) is 141 Å². The van der Waals surface area contributed by atoms with E-state index in [-0.39, 0.29) is 42.8 Å². The Hall–Kier alpha value is 0.790. The summed E-state index contributed by atoms with van der Waals surface area (Å²) in [6, 6.07) is 0. The van der Waals surface area contributed by atoms with Gasteiger partial charge in [0.1, 0.15) is 0 Å². The molecule has 0 unspecified atom stereocenters. The second-order valence-corrected chi connectivity index (χ2v) is 11.3. The standard InChI is InChI=1S/C29H60O6S.Na/c1-2-3-4-5-6-7-8-9-10-11-12-13-14-15-16-17-18-19-20-21-22-23-24-25-33-26-27-34-28-29-35-36(30,31)32;/h2-29H2,1H3,(H,30,31,32);/q;+1/p-1. The number of hydrogen-bond donors (Lipinski definition) is 0. The van der Waals surface area contributed by atoms with Crippen molar-refractivity contribution in [3.63, 3.8) is 0 Å². The van der Waals surface area contributed by atoms with Gasteiger partial charge in [-0.15, -0.1) is 0 Å². The van der Waals surface area contributed by atoms with Crippen LogP contribution in [0.2, 0.25) is 0 Å². The Morgan fingerprint density at radius 2 is 0.703 bits per heavy atom. The summed E-state index contributed by atoms with van der Waals surface area (Å²) in [5.41, 5.74) is 0. The molecule has 37 heavy (non-hydrogen) atoms. The molecule has 0 rings (SSSR count). The smallest absolute Gasteiger partial charge is 0.726 e. The molecule has 0 saturated carbocycles. The Balaban J connectivity index is 0. The van der Waals surface area contributed by atoms with Crippen molar-refractivity contribution in [2.24, 2.45) is 0 Å². The molecule has 0 spiro atoms. The van der Waals surface area contributed by atoms with Crippen LogP contribution in [0.3, 0.4) is 0 Å². The van der Waals surface area contributed by atoms with Crippen molar-refractivity contribution in [3.05, 3.63) is 0 Å². The maximum Gasteiger partial charge on any atom is 1.00 e. The molecule has 0 aliphatic heterocycles. The van der Waals surface area contributed by atoms with Crippen molar-refractivity contribution in [2.75, 3.05) is 33.0 Å². The van der Waals surface area contributed by atoms with Crippen LogP contribution in [-0.4, -0.2) is 46.0 Å². The van der Waals surface area contributed by atoms with Crippen LogP contribution >= 0.6 is 0 Å². The van der Waals surface area contributed by atoms with Crippen molar-refractivity contribution >= 4 is 10.4 Å². The van der Waals surface area contributed by atoms with Crippen molar-refractivity contribution in [1.29, 1.82) is 0 Å². The molecule has 0 aromatic rings. The Kier molecular flexibility index (Phi) is 35.6. The topological polar surface area (TPSA) is 84.9 Å². The predicted octanol–water partition coefficient (Wildman–Crippen LogP) is 5.49. The van der Waals surface area contributed by atoms with Crippen molar-refractivity contribution in [3.8, 4) is 0 Å². The summed E-state index contributed by atoms with van der Waals surface area (Å²) in [4.78, 5) is 0. The van der Waals surface area contributed by atoms with Crippen LogP contribution in [0.1, 0.15) is 155 Å². The summed E-state index contributed by atoms with van der Waals surface area (Å²) in [5.74, 6) is 0. The van der Waals surface area contributed by atoms with Gasteiger partial charge in [0.15, 0.2) is 0 Å². The van der Waals surface area contributed by atoms with E-state index in [2.05, 4.69) is 11.1 Å². The second kappa shape index (κ2) is 33.0.